The van der Waals surface area contributed by atoms with E-state index in [1.165, 1.54) is 0 Å². The van der Waals surface area contributed by atoms with Gasteiger partial charge in [-0.3, -0.25) is 0 Å². The highest BCUT2D eigenvalue weighted by atomic mass is 16.4. The summed E-state index contributed by atoms with van der Waals surface area (Å²) in [5.41, 5.74) is 5.23. The molecule has 0 unspecified atom stereocenters. The quantitative estimate of drug-likeness (QED) is 0.671. The van der Waals surface area contributed by atoms with Gasteiger partial charge >= 0.3 is 0 Å². The van der Waals surface area contributed by atoms with Crippen molar-refractivity contribution in [2.24, 2.45) is 0 Å². The summed E-state index contributed by atoms with van der Waals surface area (Å²) in [7, 11) is 0. The number of hydrogen-bond donors (Lipinski definition) is 1. The van der Waals surface area contributed by atoms with E-state index in [-0.39, 0.29) is 12.5 Å². The zero-order valence-corrected chi connectivity index (χ0v) is 8.27. The Morgan fingerprint density at radius 1 is 1.60 bits per heavy atom. The van der Waals surface area contributed by atoms with Gasteiger partial charge in [-0.2, -0.15) is 5.26 Å². The SMILES string of the molecule is N#Cc1cccc(C[C@@H]([NH3+])CC(=O)[O-])c1. The van der Waals surface area contributed by atoms with Crippen molar-refractivity contribution in [1.29, 1.82) is 5.26 Å². The summed E-state index contributed by atoms with van der Waals surface area (Å²) < 4.78 is 0. The normalized spacial score (nSPS) is 11.7. The van der Waals surface area contributed by atoms with E-state index in [2.05, 4.69) is 5.73 Å². The molecular formula is C11H12N2O2. The standard InChI is InChI=1S/C11H12N2O2/c12-7-9-3-1-2-8(4-9)5-10(13)6-11(14)15/h1-4,10H,5-6,13H2,(H,14,15)/t10-/m1/s1. The first-order chi connectivity index (χ1) is 7.11. The summed E-state index contributed by atoms with van der Waals surface area (Å²) in [5, 5.41) is 19.0. The van der Waals surface area contributed by atoms with Crippen molar-refractivity contribution in [3.8, 4) is 6.07 Å². The molecule has 4 nitrogen and oxygen atoms in total. The maximum atomic E-state index is 10.3. The predicted octanol–water partition coefficient (Wildman–Crippen LogP) is -1.15. The zero-order valence-electron chi connectivity index (χ0n) is 8.27. The molecule has 4 heteroatoms. The molecule has 1 aromatic rings. The van der Waals surface area contributed by atoms with E-state index >= 15 is 0 Å². The van der Waals surface area contributed by atoms with Gasteiger partial charge in [0, 0.05) is 18.8 Å². The summed E-state index contributed by atoms with van der Waals surface area (Å²) >= 11 is 0. The first kappa shape index (κ1) is 11.2. The summed E-state index contributed by atoms with van der Waals surface area (Å²) in [6.07, 6.45) is 0.486. The Bertz CT molecular complexity index is 396. The van der Waals surface area contributed by atoms with Crippen molar-refractivity contribution in [3.05, 3.63) is 35.4 Å². The molecule has 0 radical (unpaired) electrons. The molecule has 0 aliphatic carbocycles. The minimum absolute atomic E-state index is 0.0587. The van der Waals surface area contributed by atoms with Crippen molar-refractivity contribution in [1.82, 2.24) is 0 Å². The fourth-order valence-corrected chi connectivity index (χ4v) is 1.41. The van der Waals surface area contributed by atoms with Gasteiger partial charge in [-0.05, 0) is 17.7 Å². The Labute approximate surface area is 87.9 Å². The van der Waals surface area contributed by atoms with Gasteiger partial charge in [0.05, 0.1) is 17.7 Å². The Kier molecular flexibility index (Phi) is 3.83. The lowest BCUT2D eigenvalue weighted by molar-refractivity contribution is -0.423. The van der Waals surface area contributed by atoms with E-state index in [1.54, 1.807) is 18.2 Å². The molecule has 0 aliphatic rings. The minimum atomic E-state index is -1.09. The van der Waals surface area contributed by atoms with Crippen LogP contribution < -0.4 is 10.8 Å². The Morgan fingerprint density at radius 2 is 2.33 bits per heavy atom. The Hall–Kier alpha value is -1.86. The summed E-state index contributed by atoms with van der Waals surface area (Å²) in [6, 6.07) is 8.90. The van der Waals surface area contributed by atoms with Crippen molar-refractivity contribution < 1.29 is 15.6 Å². The number of carbonyl (C=O) groups is 1. The average Bonchev–Trinajstić information content (AvgIpc) is 2.16. The molecule has 0 fully saturated rings. The molecule has 1 rings (SSSR count). The van der Waals surface area contributed by atoms with Crippen LogP contribution in [0.3, 0.4) is 0 Å². The van der Waals surface area contributed by atoms with E-state index < -0.39 is 5.97 Å². The highest BCUT2D eigenvalue weighted by molar-refractivity contribution is 5.64. The second-order valence-corrected chi connectivity index (χ2v) is 3.46. The third-order valence-electron chi connectivity index (χ3n) is 2.04. The second kappa shape index (κ2) is 5.13. The average molecular weight is 204 g/mol. The van der Waals surface area contributed by atoms with Crippen LogP contribution in [0.5, 0.6) is 0 Å². The lowest BCUT2D eigenvalue weighted by Gasteiger charge is -2.09. The minimum Gasteiger partial charge on any atom is -0.550 e. The first-order valence-corrected chi connectivity index (χ1v) is 4.64. The number of hydrogen-bond acceptors (Lipinski definition) is 3. The molecule has 1 aromatic carbocycles. The lowest BCUT2D eigenvalue weighted by Crippen LogP contribution is -2.63. The summed E-state index contributed by atoms with van der Waals surface area (Å²) in [4.78, 5) is 10.3. The summed E-state index contributed by atoms with van der Waals surface area (Å²) in [5.74, 6) is -1.09. The number of nitriles is 1. The van der Waals surface area contributed by atoms with Gasteiger partial charge in [0.15, 0.2) is 0 Å². The van der Waals surface area contributed by atoms with Crippen LogP contribution in [-0.2, 0) is 11.2 Å². The largest absolute Gasteiger partial charge is 0.550 e. The van der Waals surface area contributed by atoms with Crippen molar-refractivity contribution in [2.45, 2.75) is 18.9 Å². The number of aliphatic carboxylic acids is 1. The number of carboxylic acids is 1. The van der Waals surface area contributed by atoms with E-state index in [1.807, 2.05) is 12.1 Å². The molecule has 15 heavy (non-hydrogen) atoms. The van der Waals surface area contributed by atoms with Crippen LogP contribution in [0.2, 0.25) is 0 Å². The molecule has 3 N–H and O–H groups in total. The predicted molar refractivity (Wildman–Crippen MR) is 51.2 cm³/mol. The molecule has 0 bridgehead atoms. The van der Waals surface area contributed by atoms with Gasteiger partial charge in [-0.25, -0.2) is 0 Å². The van der Waals surface area contributed by atoms with Crippen LogP contribution in [0.15, 0.2) is 24.3 Å². The molecular weight excluding hydrogens is 192 g/mol. The highest BCUT2D eigenvalue weighted by Crippen LogP contribution is 2.06. The number of nitrogens with zero attached hydrogens (tertiary/aromatic N) is 1. The molecule has 0 saturated heterocycles. The van der Waals surface area contributed by atoms with Crippen molar-refractivity contribution in [3.63, 3.8) is 0 Å². The number of benzene rings is 1. The molecule has 0 aliphatic heterocycles. The van der Waals surface area contributed by atoms with Gasteiger partial charge in [-0.15, -0.1) is 0 Å². The maximum Gasteiger partial charge on any atom is 0.0991 e. The Morgan fingerprint density at radius 3 is 2.93 bits per heavy atom. The van der Waals surface area contributed by atoms with E-state index in [4.69, 9.17) is 5.26 Å². The van der Waals surface area contributed by atoms with Gasteiger partial charge < -0.3 is 15.6 Å². The number of quaternary nitrogens is 1. The monoisotopic (exact) mass is 204 g/mol. The molecule has 0 amide bonds. The van der Waals surface area contributed by atoms with Gasteiger partial charge in [-0.1, -0.05) is 12.1 Å². The fourth-order valence-electron chi connectivity index (χ4n) is 1.41. The maximum absolute atomic E-state index is 10.3. The summed E-state index contributed by atoms with van der Waals surface area (Å²) in [6.45, 7) is 0. The van der Waals surface area contributed by atoms with Crippen LogP contribution in [-0.4, -0.2) is 12.0 Å². The van der Waals surface area contributed by atoms with Crippen molar-refractivity contribution >= 4 is 5.97 Å². The smallest absolute Gasteiger partial charge is 0.0991 e. The van der Waals surface area contributed by atoms with Crippen LogP contribution >= 0.6 is 0 Å². The topological polar surface area (TPSA) is 91.6 Å². The highest BCUT2D eigenvalue weighted by Gasteiger charge is 2.08. The van der Waals surface area contributed by atoms with Gasteiger partial charge in [0.2, 0.25) is 0 Å². The Balaban J connectivity index is 2.64. The number of rotatable bonds is 4. The van der Waals surface area contributed by atoms with E-state index in [0.717, 1.165) is 5.56 Å². The van der Waals surface area contributed by atoms with Gasteiger partial charge in [0.25, 0.3) is 0 Å². The third kappa shape index (κ3) is 3.79. The third-order valence-corrected chi connectivity index (χ3v) is 2.04. The molecule has 0 saturated carbocycles. The van der Waals surface area contributed by atoms with E-state index in [0.29, 0.717) is 12.0 Å². The van der Waals surface area contributed by atoms with Crippen LogP contribution in [0.25, 0.3) is 0 Å². The molecule has 78 valence electrons. The molecule has 0 heterocycles. The zero-order chi connectivity index (χ0) is 11.3. The van der Waals surface area contributed by atoms with Crippen LogP contribution in [0.4, 0.5) is 0 Å². The molecule has 1 atom stereocenters. The number of carboxylic acid groups (broad SMARTS) is 1. The first-order valence-electron chi connectivity index (χ1n) is 4.64. The molecule has 0 spiro atoms. The lowest BCUT2D eigenvalue weighted by atomic mass is 10.0. The van der Waals surface area contributed by atoms with Crippen LogP contribution in [0.1, 0.15) is 17.5 Å². The van der Waals surface area contributed by atoms with Gasteiger partial charge in [0.1, 0.15) is 0 Å². The second-order valence-electron chi connectivity index (χ2n) is 3.46. The van der Waals surface area contributed by atoms with Crippen molar-refractivity contribution in [2.75, 3.05) is 0 Å². The fraction of sp³-hybridized carbons (Fsp3) is 0.273. The molecule has 0 aromatic heterocycles. The van der Waals surface area contributed by atoms with E-state index in [9.17, 15) is 9.90 Å². The number of carbonyl (C=O) groups excluding carboxylic acids is 1. The van der Waals surface area contributed by atoms with Crippen LogP contribution in [0, 0.1) is 11.3 Å².